The average Bonchev–Trinajstić information content (AvgIpc) is 2.46. The largest absolute Gasteiger partial charge is 0.493 e. The molecule has 21 heavy (non-hydrogen) atoms. The van der Waals surface area contributed by atoms with Gasteiger partial charge in [-0.05, 0) is 31.5 Å². The molecule has 0 aromatic heterocycles. The number of unbranched alkanes of at least 4 members (excludes halogenated alkanes) is 7. The Hall–Kier alpha value is -1.09. The molecule has 0 bridgehead atoms. The molecule has 0 saturated heterocycles. The highest BCUT2D eigenvalue weighted by Gasteiger charge is 2.10. The van der Waals surface area contributed by atoms with Crippen molar-refractivity contribution < 1.29 is 14.2 Å². The first-order chi connectivity index (χ1) is 10.1. The van der Waals surface area contributed by atoms with Crippen molar-refractivity contribution in [1.82, 2.24) is 0 Å². The van der Waals surface area contributed by atoms with Crippen LogP contribution in [-0.4, -0.2) is 11.7 Å². The summed E-state index contributed by atoms with van der Waals surface area (Å²) in [6.07, 6.45) is 9.32. The zero-order valence-corrected chi connectivity index (χ0v) is 13.4. The van der Waals surface area contributed by atoms with Crippen molar-refractivity contribution in [3.05, 3.63) is 29.6 Å². The molecule has 1 N–H and O–H groups in total. The van der Waals surface area contributed by atoms with Gasteiger partial charge in [-0.25, -0.2) is 4.39 Å². The summed E-state index contributed by atoms with van der Waals surface area (Å²) in [6.45, 7) is 4.48. The molecule has 1 aromatic rings. The summed E-state index contributed by atoms with van der Waals surface area (Å²) < 4.78 is 18.8. The van der Waals surface area contributed by atoms with Gasteiger partial charge in [-0.3, -0.25) is 0 Å². The summed E-state index contributed by atoms with van der Waals surface area (Å²) in [5.41, 5.74) is 0.523. The van der Waals surface area contributed by atoms with E-state index in [1.54, 1.807) is 13.0 Å². The van der Waals surface area contributed by atoms with E-state index >= 15 is 0 Å². The number of benzene rings is 1. The average molecular weight is 296 g/mol. The lowest BCUT2D eigenvalue weighted by Crippen LogP contribution is -2.03. The number of ether oxygens (including phenoxy) is 1. The fourth-order valence-corrected chi connectivity index (χ4v) is 2.40. The van der Waals surface area contributed by atoms with E-state index in [9.17, 15) is 9.50 Å². The molecule has 0 fully saturated rings. The SMILES string of the molecule is CCCCCCCCCCOc1ccc(F)cc1[C@@H](C)O. The minimum Gasteiger partial charge on any atom is -0.493 e. The van der Waals surface area contributed by atoms with E-state index in [1.165, 1.54) is 50.7 Å². The van der Waals surface area contributed by atoms with Crippen LogP contribution in [0.25, 0.3) is 0 Å². The van der Waals surface area contributed by atoms with Gasteiger partial charge in [0.1, 0.15) is 11.6 Å². The Labute approximate surface area is 128 Å². The molecule has 1 aromatic carbocycles. The Balaban J connectivity index is 2.18. The smallest absolute Gasteiger partial charge is 0.125 e. The minimum absolute atomic E-state index is 0.342. The van der Waals surface area contributed by atoms with Gasteiger partial charge in [0, 0.05) is 5.56 Å². The van der Waals surface area contributed by atoms with Crippen LogP contribution >= 0.6 is 0 Å². The topological polar surface area (TPSA) is 29.5 Å². The van der Waals surface area contributed by atoms with Crippen molar-refractivity contribution in [3.63, 3.8) is 0 Å². The van der Waals surface area contributed by atoms with Crippen LogP contribution in [0.1, 0.15) is 76.9 Å². The molecule has 1 rings (SSSR count). The molecule has 120 valence electrons. The fraction of sp³-hybridized carbons (Fsp3) is 0.667. The molecular formula is C18H29FO2. The first-order valence-electron chi connectivity index (χ1n) is 8.25. The first kappa shape index (κ1) is 18.0. The quantitative estimate of drug-likeness (QED) is 0.554. The lowest BCUT2D eigenvalue weighted by atomic mass is 10.1. The van der Waals surface area contributed by atoms with Gasteiger partial charge in [0.15, 0.2) is 0 Å². The van der Waals surface area contributed by atoms with Crippen molar-refractivity contribution in [2.45, 2.75) is 71.3 Å². The zero-order chi connectivity index (χ0) is 15.5. The van der Waals surface area contributed by atoms with Crippen molar-refractivity contribution in [2.24, 2.45) is 0 Å². The summed E-state index contributed by atoms with van der Waals surface area (Å²) in [5.74, 6) is 0.250. The van der Waals surface area contributed by atoms with E-state index in [0.29, 0.717) is 17.9 Å². The van der Waals surface area contributed by atoms with E-state index in [-0.39, 0.29) is 5.82 Å². The van der Waals surface area contributed by atoms with E-state index < -0.39 is 6.10 Å². The maximum absolute atomic E-state index is 13.2. The van der Waals surface area contributed by atoms with Crippen molar-refractivity contribution in [3.8, 4) is 5.75 Å². The summed E-state index contributed by atoms with van der Waals surface area (Å²) in [4.78, 5) is 0. The van der Waals surface area contributed by atoms with Crippen molar-refractivity contribution in [2.75, 3.05) is 6.61 Å². The Kier molecular flexibility index (Phi) is 9.07. The maximum Gasteiger partial charge on any atom is 0.125 e. The van der Waals surface area contributed by atoms with E-state index in [1.807, 2.05) is 0 Å². The number of hydrogen-bond donors (Lipinski definition) is 1. The summed E-state index contributed by atoms with van der Waals surface area (Å²) >= 11 is 0. The number of aliphatic hydroxyl groups excluding tert-OH is 1. The zero-order valence-electron chi connectivity index (χ0n) is 13.4. The van der Waals surface area contributed by atoms with Gasteiger partial charge >= 0.3 is 0 Å². The molecule has 0 heterocycles. The Morgan fingerprint density at radius 3 is 2.29 bits per heavy atom. The molecule has 0 aliphatic rings. The van der Waals surface area contributed by atoms with E-state index in [0.717, 1.165) is 12.8 Å². The van der Waals surface area contributed by atoms with Gasteiger partial charge in [-0.2, -0.15) is 0 Å². The summed E-state index contributed by atoms with van der Waals surface area (Å²) in [5, 5.41) is 9.63. The van der Waals surface area contributed by atoms with Crippen LogP contribution in [0.3, 0.4) is 0 Å². The lowest BCUT2D eigenvalue weighted by Gasteiger charge is -2.13. The highest BCUT2D eigenvalue weighted by Crippen LogP contribution is 2.26. The van der Waals surface area contributed by atoms with Crippen LogP contribution in [0.15, 0.2) is 18.2 Å². The number of hydrogen-bond acceptors (Lipinski definition) is 2. The number of rotatable bonds is 11. The van der Waals surface area contributed by atoms with E-state index in [2.05, 4.69) is 6.92 Å². The highest BCUT2D eigenvalue weighted by molar-refractivity contribution is 5.35. The van der Waals surface area contributed by atoms with Crippen LogP contribution in [0.5, 0.6) is 5.75 Å². The monoisotopic (exact) mass is 296 g/mol. The number of aliphatic hydroxyl groups is 1. The van der Waals surface area contributed by atoms with Crippen LogP contribution in [-0.2, 0) is 0 Å². The minimum atomic E-state index is -0.714. The summed E-state index contributed by atoms with van der Waals surface area (Å²) in [7, 11) is 0. The van der Waals surface area contributed by atoms with Gasteiger partial charge in [-0.1, -0.05) is 51.9 Å². The molecule has 0 radical (unpaired) electrons. The fourth-order valence-electron chi connectivity index (χ4n) is 2.40. The second kappa shape index (κ2) is 10.6. The second-order valence-corrected chi connectivity index (χ2v) is 5.68. The lowest BCUT2D eigenvalue weighted by molar-refractivity contribution is 0.190. The van der Waals surface area contributed by atoms with E-state index in [4.69, 9.17) is 4.74 Å². The van der Waals surface area contributed by atoms with Gasteiger partial charge in [0.25, 0.3) is 0 Å². The predicted octanol–water partition coefficient (Wildman–Crippen LogP) is 5.40. The molecule has 0 unspecified atom stereocenters. The third-order valence-electron chi connectivity index (χ3n) is 3.68. The first-order valence-corrected chi connectivity index (χ1v) is 8.25. The van der Waals surface area contributed by atoms with Crippen LogP contribution < -0.4 is 4.74 Å². The molecular weight excluding hydrogens is 267 g/mol. The molecule has 0 aliphatic carbocycles. The predicted molar refractivity (Wildman–Crippen MR) is 85.1 cm³/mol. The Bertz CT molecular complexity index is 391. The Morgan fingerprint density at radius 1 is 1.05 bits per heavy atom. The second-order valence-electron chi connectivity index (χ2n) is 5.68. The van der Waals surface area contributed by atoms with Crippen molar-refractivity contribution >= 4 is 0 Å². The summed E-state index contributed by atoms with van der Waals surface area (Å²) in [6, 6.07) is 4.31. The van der Waals surface area contributed by atoms with Crippen LogP contribution in [0, 0.1) is 5.82 Å². The Morgan fingerprint density at radius 2 is 1.67 bits per heavy atom. The molecule has 2 nitrogen and oxygen atoms in total. The van der Waals surface area contributed by atoms with Gasteiger partial charge in [-0.15, -0.1) is 0 Å². The molecule has 0 saturated carbocycles. The molecule has 1 atom stereocenters. The van der Waals surface area contributed by atoms with Crippen molar-refractivity contribution in [1.29, 1.82) is 0 Å². The van der Waals surface area contributed by atoms with Crippen LogP contribution in [0.2, 0.25) is 0 Å². The van der Waals surface area contributed by atoms with Gasteiger partial charge < -0.3 is 9.84 Å². The van der Waals surface area contributed by atoms with Gasteiger partial charge in [0.05, 0.1) is 12.7 Å². The maximum atomic E-state index is 13.2. The normalized spacial score (nSPS) is 12.4. The third kappa shape index (κ3) is 7.47. The molecule has 0 spiro atoms. The molecule has 0 aliphatic heterocycles. The van der Waals surface area contributed by atoms with Gasteiger partial charge in [0.2, 0.25) is 0 Å². The third-order valence-corrected chi connectivity index (χ3v) is 3.68. The number of halogens is 1. The standard InChI is InChI=1S/C18H29FO2/c1-3-4-5-6-7-8-9-10-13-21-18-12-11-16(19)14-17(18)15(2)20/h11-12,14-15,20H,3-10,13H2,1-2H3/t15-/m1/s1. The highest BCUT2D eigenvalue weighted by atomic mass is 19.1. The van der Waals surface area contributed by atoms with Crippen LogP contribution in [0.4, 0.5) is 4.39 Å². The molecule has 3 heteroatoms. The molecule has 0 amide bonds.